The zero-order valence-electron chi connectivity index (χ0n) is 52.4. The molecule has 4 N–H and O–H groups in total. The van der Waals surface area contributed by atoms with Crippen LogP contribution in [0.1, 0.15) is 89.0 Å². The maximum atomic E-state index is 14.5. The molecule has 0 aromatic heterocycles. The maximum Gasteiger partial charge on any atom is 0.501 e. The fourth-order valence-corrected chi connectivity index (χ4v) is 15.5. The third kappa shape index (κ3) is 17.0. The molecule has 27 heteroatoms. The maximum absolute atomic E-state index is 14.5. The van der Waals surface area contributed by atoms with Gasteiger partial charge in [0.05, 0.1) is 41.5 Å². The summed E-state index contributed by atoms with van der Waals surface area (Å²) >= 11 is 7.60. The number of piperazine rings is 2. The number of benzene rings is 5. The number of carbonyl (C=O) groups is 5. The summed E-state index contributed by atoms with van der Waals surface area (Å²) in [6.07, 6.45) is 4.12. The van der Waals surface area contributed by atoms with Gasteiger partial charge in [-0.1, -0.05) is 74.0 Å². The lowest BCUT2D eigenvalue weighted by atomic mass is 9.73. The first-order valence-corrected chi connectivity index (χ1v) is 35.6. The van der Waals surface area contributed by atoms with E-state index in [1.54, 1.807) is 35.2 Å². The molecule has 0 spiro atoms. The number of anilines is 3. The highest BCUT2D eigenvalue weighted by Crippen LogP contribution is 2.43. The van der Waals surface area contributed by atoms with Crippen molar-refractivity contribution in [2.75, 3.05) is 120 Å². The first kappa shape index (κ1) is 69.5. The average Bonchev–Trinajstić information content (AvgIpc) is 1.45. The van der Waals surface area contributed by atoms with Crippen LogP contribution in [0.15, 0.2) is 148 Å². The molecule has 94 heavy (non-hydrogen) atoms. The predicted octanol–water partition coefficient (Wildman–Crippen LogP) is 9.18. The van der Waals surface area contributed by atoms with Crippen LogP contribution in [-0.2, 0) is 38.9 Å². The molecule has 20 nitrogen and oxygen atoms in total. The van der Waals surface area contributed by atoms with Crippen molar-refractivity contribution in [1.29, 1.82) is 0 Å². The van der Waals surface area contributed by atoms with Gasteiger partial charge < -0.3 is 35.2 Å². The number of fused-ring (bicyclic) bond motifs is 1. The van der Waals surface area contributed by atoms with Crippen molar-refractivity contribution >= 4 is 95.4 Å². The number of thioether (sulfide) groups is 1. The fourth-order valence-electron chi connectivity index (χ4n) is 12.4. The number of hydrogen-bond donors (Lipinski definition) is 4. The third-order valence-electron chi connectivity index (χ3n) is 17.5. The quantitative estimate of drug-likeness (QED) is 0.0229. The van der Waals surface area contributed by atoms with Gasteiger partial charge in [0.25, 0.3) is 37.6 Å². The Hall–Kier alpha value is -7.30. The predicted molar refractivity (Wildman–Crippen MR) is 355 cm³/mol. The monoisotopic (exact) mass is 1370 g/mol. The summed E-state index contributed by atoms with van der Waals surface area (Å²) in [4.78, 5) is 74.0. The number of nitrogens with zero attached hydrogens (tertiary/aromatic N) is 5. The van der Waals surface area contributed by atoms with Gasteiger partial charge >= 0.3 is 5.51 Å². The average molecular weight is 1370 g/mol. The van der Waals surface area contributed by atoms with Gasteiger partial charge in [0.2, 0.25) is 11.8 Å². The van der Waals surface area contributed by atoms with E-state index in [0.29, 0.717) is 81.1 Å². The first-order chi connectivity index (χ1) is 44.8. The molecule has 5 aliphatic rings. The zero-order valence-corrected chi connectivity index (χ0v) is 55.6. The summed E-state index contributed by atoms with van der Waals surface area (Å²) in [5, 5.41) is 9.45. The van der Waals surface area contributed by atoms with Crippen molar-refractivity contribution in [3.8, 4) is 0 Å². The second kappa shape index (κ2) is 30.2. The van der Waals surface area contributed by atoms with E-state index in [1.807, 2.05) is 47.2 Å². The van der Waals surface area contributed by atoms with E-state index in [9.17, 15) is 54.0 Å². The largest absolute Gasteiger partial charge is 0.501 e. The van der Waals surface area contributed by atoms with Crippen LogP contribution in [0.5, 0.6) is 0 Å². The molecule has 3 saturated heterocycles. The minimum absolute atomic E-state index is 0.0412. The second-order valence-corrected chi connectivity index (χ2v) is 29.8. The van der Waals surface area contributed by atoms with Crippen LogP contribution in [0, 0.1) is 5.41 Å². The number of alkyl halides is 3. The van der Waals surface area contributed by atoms with Crippen LogP contribution in [0.3, 0.4) is 0 Å². The molecule has 0 saturated carbocycles. The summed E-state index contributed by atoms with van der Waals surface area (Å²) in [5.74, 6) is -2.59. The highest BCUT2D eigenvalue weighted by atomic mass is 35.5. The molecule has 4 heterocycles. The lowest BCUT2D eigenvalue weighted by Crippen LogP contribution is -2.51. The normalized spacial score (nSPS) is 18.7. The lowest BCUT2D eigenvalue weighted by molar-refractivity contribution is -0.138. The minimum Gasteiger partial charge on any atom is -0.382 e. The van der Waals surface area contributed by atoms with Gasteiger partial charge in [0.15, 0.2) is 0 Å². The topological polar surface area (TPSA) is 236 Å². The number of allylic oxidation sites excluding steroid dienone is 2. The van der Waals surface area contributed by atoms with Gasteiger partial charge in [-0.3, -0.25) is 38.7 Å². The Morgan fingerprint density at radius 2 is 1.50 bits per heavy atom. The number of hydrogen-bond acceptors (Lipinski definition) is 17. The highest BCUT2D eigenvalue weighted by molar-refractivity contribution is 7.99. The molecule has 10 rings (SSSR count). The Labute approximate surface area is 555 Å². The summed E-state index contributed by atoms with van der Waals surface area (Å²) in [7, 11) is -11.1. The Bertz CT molecular complexity index is 3890. The van der Waals surface area contributed by atoms with Gasteiger partial charge in [0.1, 0.15) is 17.5 Å². The number of sulfonamides is 1. The van der Waals surface area contributed by atoms with Gasteiger partial charge in [-0.2, -0.15) is 13.2 Å². The number of sulfone groups is 1. The van der Waals surface area contributed by atoms with E-state index in [1.165, 1.54) is 40.6 Å². The smallest absolute Gasteiger partial charge is 0.382 e. The Morgan fingerprint density at radius 1 is 0.798 bits per heavy atom. The molecular weight excluding hydrogens is 1300 g/mol. The van der Waals surface area contributed by atoms with Gasteiger partial charge in [-0.05, 0) is 134 Å². The second-order valence-electron chi connectivity index (χ2n) is 24.7. The standard InChI is InChI=1S/C67H77ClF3N9O11S3/c1-45-12-23-58(63(83)73-45)80-64(84)55-10-7-11-57(61(55)65(80)85)72-27-37-90-38-39-91-43-60(81)79-35-29-76(30-36-79)28-25-50(44-92-52-8-5-4-6-9-52)74-56-22-21-53(40-59(56)93(86,87)67(69,70)71)94(88,89)75-62(82)47-15-19-51(20-16-47)78-33-31-77(32-34-78)42-48-41-66(2,3)26-24-54(48)46-13-17-49(68)18-14-46/h4-11,13-22,40,50,58,72,74H,1,12,23-39,41-44H2,2-3H3,(H,73,83)(H,75,82)/t50-,58?/m1/s1. The number of imide groups is 1. The van der Waals surface area contributed by atoms with Gasteiger partial charge in [-0.25, -0.2) is 21.6 Å². The fraction of sp³-hybridized carbons (Fsp3) is 0.418. The molecule has 502 valence electrons. The summed E-state index contributed by atoms with van der Waals surface area (Å²) in [6.45, 7) is 14.8. The van der Waals surface area contributed by atoms with E-state index in [4.69, 9.17) is 21.1 Å². The highest BCUT2D eigenvalue weighted by Gasteiger charge is 2.49. The first-order valence-electron chi connectivity index (χ1n) is 31.2. The summed E-state index contributed by atoms with van der Waals surface area (Å²) in [5.41, 5.74) is 0.0135. The molecule has 0 radical (unpaired) electrons. The number of nitrogens with one attached hydrogen (secondary N) is 4. The van der Waals surface area contributed by atoms with E-state index in [2.05, 4.69) is 63.2 Å². The number of ether oxygens (including phenoxy) is 2. The van der Waals surface area contributed by atoms with Gasteiger partial charge in [0, 0.05) is 116 Å². The third-order valence-corrected chi connectivity index (χ3v) is 21.8. The molecule has 5 aromatic carbocycles. The molecule has 5 amide bonds. The lowest BCUT2D eigenvalue weighted by Gasteiger charge is -2.39. The van der Waals surface area contributed by atoms with Crippen molar-refractivity contribution in [3.05, 3.63) is 160 Å². The Morgan fingerprint density at radius 3 is 2.20 bits per heavy atom. The van der Waals surface area contributed by atoms with E-state index < -0.39 is 76.6 Å². The molecule has 1 aliphatic carbocycles. The van der Waals surface area contributed by atoms with Crippen molar-refractivity contribution in [1.82, 2.24) is 29.6 Å². The van der Waals surface area contributed by atoms with Crippen LogP contribution in [0.25, 0.3) is 5.57 Å². The van der Waals surface area contributed by atoms with Crippen LogP contribution in [0.4, 0.5) is 30.2 Å². The van der Waals surface area contributed by atoms with Crippen molar-refractivity contribution < 1.29 is 63.5 Å². The van der Waals surface area contributed by atoms with Crippen molar-refractivity contribution in [2.45, 2.75) is 84.7 Å². The molecular formula is C67H77ClF3N9O11S3. The Balaban J connectivity index is 0.695. The molecule has 4 aliphatic heterocycles. The number of halogens is 4. The van der Waals surface area contributed by atoms with E-state index >= 15 is 0 Å². The SMILES string of the molecule is C=C1CCC(N2C(=O)c3cccc(NCCOCCOCC(=O)N4CCN(CC[C@H](CSc5ccccc5)Nc5ccc(S(=O)(=O)NC(=O)c6ccc(N7CCN(CC8=C(c9ccc(Cl)cc9)CCC(C)(C)C8)CC7)cc6)cc5S(=O)(=O)C(F)(F)F)CC4)c3C2=O)C(=O)N1. The van der Waals surface area contributed by atoms with Crippen LogP contribution in [-0.4, -0.2) is 188 Å². The zero-order chi connectivity index (χ0) is 67.0. The minimum atomic E-state index is -6.17. The summed E-state index contributed by atoms with van der Waals surface area (Å²) in [6, 6.07) is 29.2. The molecule has 5 aromatic rings. The number of rotatable bonds is 26. The van der Waals surface area contributed by atoms with Crippen molar-refractivity contribution in [3.63, 3.8) is 0 Å². The molecule has 2 atom stereocenters. The molecule has 0 bridgehead atoms. The van der Waals surface area contributed by atoms with Crippen molar-refractivity contribution in [2.24, 2.45) is 5.41 Å². The van der Waals surface area contributed by atoms with Crippen LogP contribution < -0.4 is 25.6 Å². The van der Waals surface area contributed by atoms with Gasteiger partial charge in [-0.15, -0.1) is 11.8 Å². The number of carbonyl (C=O) groups excluding carboxylic acids is 5. The number of piperidine rings is 1. The molecule has 1 unspecified atom stereocenters. The summed E-state index contributed by atoms with van der Waals surface area (Å²) < 4.78 is 111. The van der Waals surface area contributed by atoms with E-state index in [0.717, 1.165) is 66.5 Å². The van der Waals surface area contributed by atoms with E-state index in [-0.39, 0.29) is 73.2 Å². The number of amides is 5. The van der Waals surface area contributed by atoms with Crippen LogP contribution >= 0.6 is 23.4 Å². The Kier molecular flexibility index (Phi) is 22.3. The van der Waals surface area contributed by atoms with Crippen LogP contribution in [0.2, 0.25) is 5.02 Å². The molecule has 3 fully saturated rings.